The molecule has 4 aromatic rings. The standard InChI is InChI=1S/C29H26N2O2S/c1-20-10-8-14-23(18-20)28(32)30-26(19-24-15-9-17-34-24)29(33)31-27(22-12-4-3-5-13-22)25-16-7-6-11-21(25)2/h3-19,27H,1-2H3,(H,30,32)(H,31,33)/b26-19-/t27-/m1/s1. The maximum atomic E-state index is 13.6. The first-order valence-electron chi connectivity index (χ1n) is 11.1. The van der Waals surface area contributed by atoms with E-state index in [-0.39, 0.29) is 23.6 Å². The SMILES string of the molecule is Cc1cccc(C(=O)N/C(=C\c2cccs2)C(=O)N[C@H](c2ccccc2)c2ccccc2C)c1. The van der Waals surface area contributed by atoms with Crippen LogP contribution in [0.25, 0.3) is 6.08 Å². The van der Waals surface area contributed by atoms with Gasteiger partial charge in [0.1, 0.15) is 5.70 Å². The molecular formula is C29H26N2O2S. The number of carbonyl (C=O) groups is 2. The molecule has 0 aliphatic heterocycles. The molecule has 1 aromatic heterocycles. The van der Waals surface area contributed by atoms with E-state index in [0.717, 1.165) is 27.1 Å². The van der Waals surface area contributed by atoms with Crippen LogP contribution in [0.2, 0.25) is 0 Å². The summed E-state index contributed by atoms with van der Waals surface area (Å²) in [6.45, 7) is 3.96. The second kappa shape index (κ2) is 10.8. The highest BCUT2D eigenvalue weighted by Crippen LogP contribution is 2.25. The van der Waals surface area contributed by atoms with Gasteiger partial charge in [0.15, 0.2) is 0 Å². The summed E-state index contributed by atoms with van der Waals surface area (Å²) in [5.74, 6) is -0.680. The van der Waals surface area contributed by atoms with Gasteiger partial charge in [-0.1, -0.05) is 78.4 Å². The highest BCUT2D eigenvalue weighted by molar-refractivity contribution is 7.10. The fraction of sp³-hybridized carbons (Fsp3) is 0.103. The van der Waals surface area contributed by atoms with Crippen LogP contribution < -0.4 is 10.6 Å². The van der Waals surface area contributed by atoms with Gasteiger partial charge in [-0.15, -0.1) is 11.3 Å². The Morgan fingerprint density at radius 1 is 0.853 bits per heavy atom. The Hall–Kier alpha value is -3.96. The van der Waals surface area contributed by atoms with E-state index in [9.17, 15) is 9.59 Å². The first-order valence-corrected chi connectivity index (χ1v) is 11.9. The Balaban J connectivity index is 1.67. The van der Waals surface area contributed by atoms with Gasteiger partial charge in [0, 0.05) is 10.4 Å². The van der Waals surface area contributed by atoms with Gasteiger partial charge in [-0.05, 0) is 60.2 Å². The average Bonchev–Trinajstić information content (AvgIpc) is 3.36. The smallest absolute Gasteiger partial charge is 0.268 e. The third-order valence-corrected chi connectivity index (χ3v) is 6.33. The van der Waals surface area contributed by atoms with Crippen LogP contribution in [0.15, 0.2) is 102 Å². The lowest BCUT2D eigenvalue weighted by Gasteiger charge is -2.22. The fourth-order valence-corrected chi connectivity index (χ4v) is 4.42. The number of thiophene rings is 1. The third-order valence-electron chi connectivity index (χ3n) is 5.51. The van der Waals surface area contributed by atoms with Gasteiger partial charge in [0.25, 0.3) is 11.8 Å². The van der Waals surface area contributed by atoms with Gasteiger partial charge in [-0.25, -0.2) is 0 Å². The van der Waals surface area contributed by atoms with Crippen LogP contribution in [0.5, 0.6) is 0 Å². The summed E-state index contributed by atoms with van der Waals surface area (Å²) in [5, 5.41) is 7.93. The largest absolute Gasteiger partial charge is 0.340 e. The zero-order chi connectivity index (χ0) is 23.9. The average molecular weight is 467 g/mol. The van der Waals surface area contributed by atoms with E-state index in [1.165, 1.54) is 11.3 Å². The summed E-state index contributed by atoms with van der Waals surface area (Å²) in [5.41, 5.74) is 4.72. The van der Waals surface area contributed by atoms with Gasteiger partial charge in [0.2, 0.25) is 0 Å². The zero-order valence-corrected chi connectivity index (χ0v) is 19.9. The Kier molecular flexibility index (Phi) is 7.35. The van der Waals surface area contributed by atoms with Crippen LogP contribution in [-0.2, 0) is 4.79 Å². The molecule has 1 atom stereocenters. The molecule has 0 unspecified atom stereocenters. The quantitative estimate of drug-likeness (QED) is 0.326. The van der Waals surface area contributed by atoms with E-state index < -0.39 is 0 Å². The molecule has 2 amide bonds. The summed E-state index contributed by atoms with van der Waals surface area (Å²) in [4.78, 5) is 27.5. The molecule has 4 nitrogen and oxygen atoms in total. The van der Waals surface area contributed by atoms with E-state index in [1.807, 2.05) is 98.1 Å². The van der Waals surface area contributed by atoms with E-state index in [4.69, 9.17) is 0 Å². The van der Waals surface area contributed by atoms with Crippen molar-refractivity contribution in [3.8, 4) is 0 Å². The molecule has 0 fully saturated rings. The number of aryl methyl sites for hydroxylation is 2. The first-order chi connectivity index (χ1) is 16.5. The molecule has 0 saturated heterocycles. The van der Waals surface area contributed by atoms with Crippen LogP contribution in [0.4, 0.5) is 0 Å². The molecule has 0 spiro atoms. The maximum absolute atomic E-state index is 13.6. The number of amides is 2. The maximum Gasteiger partial charge on any atom is 0.268 e. The van der Waals surface area contributed by atoms with Crippen molar-refractivity contribution in [1.29, 1.82) is 0 Å². The molecule has 4 rings (SSSR count). The van der Waals surface area contributed by atoms with Crippen molar-refractivity contribution in [2.45, 2.75) is 19.9 Å². The number of benzene rings is 3. The van der Waals surface area contributed by atoms with Crippen LogP contribution in [0.3, 0.4) is 0 Å². The molecule has 5 heteroatoms. The lowest BCUT2D eigenvalue weighted by Crippen LogP contribution is -2.37. The van der Waals surface area contributed by atoms with E-state index in [1.54, 1.807) is 18.2 Å². The van der Waals surface area contributed by atoms with Crippen molar-refractivity contribution in [3.05, 3.63) is 135 Å². The van der Waals surface area contributed by atoms with Gasteiger partial charge < -0.3 is 10.6 Å². The van der Waals surface area contributed by atoms with Crippen molar-refractivity contribution < 1.29 is 9.59 Å². The molecule has 170 valence electrons. The number of nitrogens with one attached hydrogen (secondary N) is 2. The van der Waals surface area contributed by atoms with Gasteiger partial charge in [-0.2, -0.15) is 0 Å². The second-order valence-corrected chi connectivity index (χ2v) is 9.05. The van der Waals surface area contributed by atoms with Gasteiger partial charge in [0.05, 0.1) is 6.04 Å². The number of hydrogen-bond donors (Lipinski definition) is 2. The Morgan fingerprint density at radius 3 is 2.32 bits per heavy atom. The highest BCUT2D eigenvalue weighted by atomic mass is 32.1. The van der Waals surface area contributed by atoms with Crippen LogP contribution >= 0.6 is 11.3 Å². The minimum atomic E-state index is -0.363. The predicted octanol–water partition coefficient (Wildman–Crippen LogP) is 6.04. The molecule has 0 radical (unpaired) electrons. The molecule has 2 N–H and O–H groups in total. The summed E-state index contributed by atoms with van der Waals surface area (Å²) in [6.07, 6.45) is 1.72. The molecule has 0 aliphatic carbocycles. The Labute approximate surface area is 204 Å². The van der Waals surface area contributed by atoms with Crippen molar-refractivity contribution in [3.63, 3.8) is 0 Å². The molecule has 1 heterocycles. The minimum Gasteiger partial charge on any atom is -0.340 e. The Bertz CT molecular complexity index is 1310. The van der Waals surface area contributed by atoms with Crippen LogP contribution in [-0.4, -0.2) is 11.8 Å². The number of rotatable bonds is 7. The van der Waals surface area contributed by atoms with Crippen molar-refractivity contribution in [1.82, 2.24) is 10.6 Å². The van der Waals surface area contributed by atoms with E-state index >= 15 is 0 Å². The number of hydrogen-bond acceptors (Lipinski definition) is 3. The molecule has 0 bridgehead atoms. The van der Waals surface area contributed by atoms with Crippen LogP contribution in [0.1, 0.15) is 43.5 Å². The Morgan fingerprint density at radius 2 is 1.62 bits per heavy atom. The predicted molar refractivity (Wildman–Crippen MR) is 139 cm³/mol. The molecule has 3 aromatic carbocycles. The normalized spacial score (nSPS) is 12.1. The summed E-state index contributed by atoms with van der Waals surface area (Å²) in [7, 11) is 0. The lowest BCUT2D eigenvalue weighted by atomic mass is 9.95. The molecule has 34 heavy (non-hydrogen) atoms. The van der Waals surface area contributed by atoms with E-state index in [2.05, 4.69) is 10.6 Å². The molecule has 0 saturated carbocycles. The summed E-state index contributed by atoms with van der Waals surface area (Å²) in [6, 6.07) is 28.6. The lowest BCUT2D eigenvalue weighted by molar-refractivity contribution is -0.118. The number of carbonyl (C=O) groups excluding carboxylic acids is 2. The fourth-order valence-electron chi connectivity index (χ4n) is 3.76. The molecule has 0 aliphatic rings. The monoisotopic (exact) mass is 466 g/mol. The minimum absolute atomic E-state index is 0.198. The second-order valence-electron chi connectivity index (χ2n) is 8.07. The van der Waals surface area contributed by atoms with Gasteiger partial charge >= 0.3 is 0 Å². The van der Waals surface area contributed by atoms with Crippen molar-refractivity contribution in [2.24, 2.45) is 0 Å². The van der Waals surface area contributed by atoms with Gasteiger partial charge in [-0.3, -0.25) is 9.59 Å². The van der Waals surface area contributed by atoms with E-state index in [0.29, 0.717) is 5.56 Å². The van der Waals surface area contributed by atoms with Crippen molar-refractivity contribution >= 4 is 29.2 Å². The first kappa shape index (κ1) is 23.2. The third kappa shape index (κ3) is 5.69. The molecular weight excluding hydrogens is 440 g/mol. The zero-order valence-electron chi connectivity index (χ0n) is 19.1. The highest BCUT2D eigenvalue weighted by Gasteiger charge is 2.22. The van der Waals surface area contributed by atoms with Crippen LogP contribution in [0, 0.1) is 13.8 Å². The topological polar surface area (TPSA) is 58.2 Å². The summed E-state index contributed by atoms with van der Waals surface area (Å²) >= 11 is 1.50. The summed E-state index contributed by atoms with van der Waals surface area (Å²) < 4.78 is 0. The van der Waals surface area contributed by atoms with Crippen molar-refractivity contribution in [2.75, 3.05) is 0 Å².